The molecule has 2 heterocycles. The summed E-state index contributed by atoms with van der Waals surface area (Å²) in [5, 5.41) is 3.81. The van der Waals surface area contributed by atoms with Crippen molar-refractivity contribution in [2.75, 3.05) is 7.11 Å². The highest BCUT2D eigenvalue weighted by atomic mass is 16.5. The van der Waals surface area contributed by atoms with Crippen molar-refractivity contribution in [2.45, 2.75) is 19.3 Å². The van der Waals surface area contributed by atoms with Crippen molar-refractivity contribution in [1.29, 1.82) is 0 Å². The number of nitrogens with zero attached hydrogens (tertiary/aromatic N) is 4. The summed E-state index contributed by atoms with van der Waals surface area (Å²) in [7, 11) is 1.52. The molecule has 19 heavy (non-hydrogen) atoms. The van der Waals surface area contributed by atoms with Crippen molar-refractivity contribution in [3.63, 3.8) is 0 Å². The molecule has 7 heteroatoms. The number of hydrogen-bond donors (Lipinski definition) is 0. The summed E-state index contributed by atoms with van der Waals surface area (Å²) in [6.07, 6.45) is 3.51. The quantitative estimate of drug-likeness (QED) is 0.793. The van der Waals surface area contributed by atoms with E-state index < -0.39 is 0 Å². The largest absolute Gasteiger partial charge is 0.481 e. The van der Waals surface area contributed by atoms with Crippen LogP contribution in [0.15, 0.2) is 16.9 Å². The fourth-order valence-corrected chi connectivity index (χ4v) is 1.70. The zero-order chi connectivity index (χ0) is 13.2. The Kier molecular flexibility index (Phi) is 2.94. The smallest absolute Gasteiger partial charge is 0.234 e. The summed E-state index contributed by atoms with van der Waals surface area (Å²) in [6, 6.07) is 1.61. The van der Waals surface area contributed by atoms with Crippen molar-refractivity contribution in [1.82, 2.24) is 20.1 Å². The molecule has 7 nitrogen and oxygen atoms in total. The van der Waals surface area contributed by atoms with Crippen molar-refractivity contribution in [2.24, 2.45) is 5.92 Å². The molecule has 1 fully saturated rings. The number of hydrogen-bond acceptors (Lipinski definition) is 7. The average Bonchev–Trinajstić information content (AvgIpc) is 3.20. The fourth-order valence-electron chi connectivity index (χ4n) is 1.70. The van der Waals surface area contributed by atoms with Gasteiger partial charge in [0, 0.05) is 12.0 Å². The molecule has 0 aromatic carbocycles. The molecule has 1 aliphatic rings. The third kappa shape index (κ3) is 2.59. The number of methoxy groups -OCH3 is 1. The van der Waals surface area contributed by atoms with E-state index in [0.717, 1.165) is 12.8 Å². The Labute approximate surface area is 109 Å². The monoisotopic (exact) mass is 260 g/mol. The van der Waals surface area contributed by atoms with Crippen molar-refractivity contribution < 1.29 is 14.1 Å². The Morgan fingerprint density at radius 1 is 1.47 bits per heavy atom. The third-order valence-electron chi connectivity index (χ3n) is 2.91. The number of Topliss-reactive ketones (excluding diaryl/α,β-unsaturated/α-hetero) is 1. The summed E-state index contributed by atoms with van der Waals surface area (Å²) in [6.45, 7) is 0. The van der Waals surface area contributed by atoms with Crippen LogP contribution in [0.1, 0.15) is 18.7 Å². The Bertz CT molecular complexity index is 607. The molecule has 1 aliphatic carbocycles. The number of aromatic nitrogens is 4. The molecular formula is C12H12N4O3. The second kappa shape index (κ2) is 4.75. The zero-order valence-corrected chi connectivity index (χ0v) is 10.4. The first-order chi connectivity index (χ1) is 9.26. The maximum atomic E-state index is 11.6. The van der Waals surface area contributed by atoms with Gasteiger partial charge in [0.25, 0.3) is 0 Å². The number of carbonyl (C=O) groups excluding carboxylic acids is 1. The van der Waals surface area contributed by atoms with Gasteiger partial charge in [0.2, 0.25) is 17.6 Å². The zero-order valence-electron chi connectivity index (χ0n) is 10.4. The summed E-state index contributed by atoms with van der Waals surface area (Å²) in [4.78, 5) is 23.7. The molecule has 0 N–H and O–H groups in total. The van der Waals surface area contributed by atoms with E-state index in [0.29, 0.717) is 23.3 Å². The Morgan fingerprint density at radius 3 is 3.05 bits per heavy atom. The predicted octanol–water partition coefficient (Wildman–Crippen LogP) is 1.06. The van der Waals surface area contributed by atoms with Crippen LogP contribution in [0.25, 0.3) is 11.5 Å². The molecule has 2 aromatic heterocycles. The van der Waals surface area contributed by atoms with Gasteiger partial charge in [0.15, 0.2) is 0 Å². The lowest BCUT2D eigenvalue weighted by Crippen LogP contribution is -2.04. The minimum absolute atomic E-state index is 0.162. The van der Waals surface area contributed by atoms with Crippen molar-refractivity contribution in [3.8, 4) is 17.4 Å². The van der Waals surface area contributed by atoms with Gasteiger partial charge in [0.1, 0.15) is 17.8 Å². The van der Waals surface area contributed by atoms with Gasteiger partial charge in [-0.1, -0.05) is 5.16 Å². The van der Waals surface area contributed by atoms with Gasteiger partial charge < -0.3 is 9.26 Å². The van der Waals surface area contributed by atoms with Gasteiger partial charge in [-0.2, -0.15) is 4.98 Å². The molecule has 0 saturated heterocycles. The van der Waals surface area contributed by atoms with Gasteiger partial charge in [-0.15, -0.1) is 0 Å². The molecule has 0 spiro atoms. The Morgan fingerprint density at radius 2 is 2.32 bits per heavy atom. The van der Waals surface area contributed by atoms with Crippen LogP contribution >= 0.6 is 0 Å². The molecule has 2 aromatic rings. The highest BCUT2D eigenvalue weighted by Crippen LogP contribution is 2.30. The van der Waals surface area contributed by atoms with Crippen LogP contribution in [0.3, 0.4) is 0 Å². The molecule has 0 unspecified atom stereocenters. The van der Waals surface area contributed by atoms with Gasteiger partial charge in [-0.3, -0.25) is 4.79 Å². The van der Waals surface area contributed by atoms with Crippen LogP contribution in [-0.2, 0) is 11.2 Å². The molecular weight excluding hydrogens is 248 g/mol. The van der Waals surface area contributed by atoms with E-state index in [1.54, 1.807) is 6.07 Å². The van der Waals surface area contributed by atoms with E-state index in [1.807, 2.05) is 0 Å². The van der Waals surface area contributed by atoms with E-state index in [-0.39, 0.29) is 18.1 Å². The first-order valence-corrected chi connectivity index (χ1v) is 5.98. The Hall–Kier alpha value is -2.31. The molecule has 98 valence electrons. The van der Waals surface area contributed by atoms with Crippen LogP contribution < -0.4 is 4.74 Å². The SMILES string of the molecule is COc1cc(-c2noc(CC(=O)C3CC3)n2)ncn1. The molecule has 0 radical (unpaired) electrons. The minimum atomic E-state index is 0.162. The number of ether oxygens (including phenoxy) is 1. The Balaban J connectivity index is 1.77. The number of rotatable bonds is 5. The maximum absolute atomic E-state index is 11.6. The topological polar surface area (TPSA) is 91.0 Å². The lowest BCUT2D eigenvalue weighted by atomic mass is 10.2. The second-order valence-corrected chi connectivity index (χ2v) is 4.37. The lowest BCUT2D eigenvalue weighted by Gasteiger charge is -1.97. The number of ketones is 1. The first kappa shape index (κ1) is 11.8. The standard InChI is InChI=1S/C12H12N4O3/c1-18-10-4-8(13-6-14-10)12-15-11(19-16-12)5-9(17)7-2-3-7/h4,6-7H,2-3,5H2,1H3. The van der Waals surface area contributed by atoms with E-state index in [2.05, 4.69) is 20.1 Å². The van der Waals surface area contributed by atoms with Gasteiger partial charge in [-0.25, -0.2) is 9.97 Å². The molecule has 3 rings (SSSR count). The fraction of sp³-hybridized carbons (Fsp3) is 0.417. The minimum Gasteiger partial charge on any atom is -0.481 e. The summed E-state index contributed by atoms with van der Waals surface area (Å²) in [5.41, 5.74) is 0.501. The maximum Gasteiger partial charge on any atom is 0.234 e. The normalized spacial score (nSPS) is 14.4. The van der Waals surface area contributed by atoms with E-state index in [9.17, 15) is 4.79 Å². The van der Waals surface area contributed by atoms with E-state index in [1.165, 1.54) is 13.4 Å². The van der Waals surface area contributed by atoms with Gasteiger partial charge >= 0.3 is 0 Å². The van der Waals surface area contributed by atoms with Crippen LogP contribution in [0.2, 0.25) is 0 Å². The highest BCUT2D eigenvalue weighted by molar-refractivity contribution is 5.84. The third-order valence-corrected chi connectivity index (χ3v) is 2.91. The lowest BCUT2D eigenvalue weighted by molar-refractivity contribution is -0.119. The summed E-state index contributed by atoms with van der Waals surface area (Å²) < 4.78 is 10.1. The summed E-state index contributed by atoms with van der Waals surface area (Å²) >= 11 is 0. The van der Waals surface area contributed by atoms with E-state index >= 15 is 0 Å². The highest BCUT2D eigenvalue weighted by Gasteiger charge is 2.30. The molecule has 1 saturated carbocycles. The molecule has 0 atom stereocenters. The second-order valence-electron chi connectivity index (χ2n) is 4.37. The predicted molar refractivity (Wildman–Crippen MR) is 63.3 cm³/mol. The van der Waals surface area contributed by atoms with Crippen molar-refractivity contribution >= 4 is 5.78 Å². The van der Waals surface area contributed by atoms with Gasteiger partial charge in [0.05, 0.1) is 13.5 Å². The molecule has 0 amide bonds. The van der Waals surface area contributed by atoms with Crippen molar-refractivity contribution in [3.05, 3.63) is 18.3 Å². The van der Waals surface area contributed by atoms with Gasteiger partial charge in [-0.05, 0) is 12.8 Å². The van der Waals surface area contributed by atoms with Crippen LogP contribution in [-0.4, -0.2) is 33.0 Å². The van der Waals surface area contributed by atoms with Crippen LogP contribution in [0.5, 0.6) is 5.88 Å². The average molecular weight is 260 g/mol. The van der Waals surface area contributed by atoms with Crippen LogP contribution in [0, 0.1) is 5.92 Å². The molecule has 0 aliphatic heterocycles. The summed E-state index contributed by atoms with van der Waals surface area (Å²) in [5.74, 6) is 1.43. The number of carbonyl (C=O) groups is 1. The first-order valence-electron chi connectivity index (χ1n) is 5.98. The van der Waals surface area contributed by atoms with E-state index in [4.69, 9.17) is 9.26 Å². The molecule has 0 bridgehead atoms. The van der Waals surface area contributed by atoms with Crippen LogP contribution in [0.4, 0.5) is 0 Å².